The quantitative estimate of drug-likeness (QED) is 0.619. The summed E-state index contributed by atoms with van der Waals surface area (Å²) in [5.41, 5.74) is 5.04. The van der Waals surface area contributed by atoms with E-state index in [1.807, 2.05) is 6.92 Å². The van der Waals surface area contributed by atoms with E-state index in [2.05, 4.69) is 5.32 Å². The summed E-state index contributed by atoms with van der Waals surface area (Å²) in [7, 11) is 0. The zero-order chi connectivity index (χ0) is 12.6. The van der Waals surface area contributed by atoms with Crippen molar-refractivity contribution < 1.29 is 22.7 Å². The van der Waals surface area contributed by atoms with Crippen LogP contribution in [-0.4, -0.2) is 37.9 Å². The summed E-state index contributed by atoms with van der Waals surface area (Å²) in [6, 6.07) is -0.729. The third-order valence-corrected chi connectivity index (χ3v) is 1.80. The molecule has 0 spiro atoms. The molecule has 16 heavy (non-hydrogen) atoms. The average Bonchev–Trinajstić information content (AvgIpc) is 2.14. The zero-order valence-corrected chi connectivity index (χ0v) is 9.14. The fourth-order valence-corrected chi connectivity index (χ4v) is 0.949. The summed E-state index contributed by atoms with van der Waals surface area (Å²) in [6.45, 7) is 1.87. The minimum Gasteiger partial charge on any atom is -0.379 e. The number of nitrogens with two attached hydrogens (primary N) is 1. The average molecular weight is 242 g/mol. The van der Waals surface area contributed by atoms with Crippen molar-refractivity contribution in [3.63, 3.8) is 0 Å². The van der Waals surface area contributed by atoms with Gasteiger partial charge in [-0.15, -0.1) is 0 Å². The molecule has 1 atom stereocenters. The number of primary amides is 1. The molecule has 0 aromatic heterocycles. The van der Waals surface area contributed by atoms with E-state index in [1.54, 1.807) is 0 Å². The van der Waals surface area contributed by atoms with Crippen LogP contribution < -0.4 is 11.1 Å². The van der Waals surface area contributed by atoms with Gasteiger partial charge < -0.3 is 15.8 Å². The molecule has 0 heterocycles. The first kappa shape index (κ1) is 15.2. The molecule has 0 aromatic carbocycles. The first-order valence-electron chi connectivity index (χ1n) is 5.04. The van der Waals surface area contributed by atoms with Crippen LogP contribution in [0.25, 0.3) is 0 Å². The number of amides is 1. The van der Waals surface area contributed by atoms with Gasteiger partial charge in [0.15, 0.2) is 0 Å². The fourth-order valence-electron chi connectivity index (χ4n) is 0.949. The fraction of sp³-hybridized carbons (Fsp3) is 0.889. The lowest BCUT2D eigenvalue weighted by Gasteiger charge is -2.15. The van der Waals surface area contributed by atoms with Gasteiger partial charge >= 0.3 is 6.18 Å². The lowest BCUT2D eigenvalue weighted by Crippen LogP contribution is -2.45. The van der Waals surface area contributed by atoms with E-state index in [1.165, 1.54) is 0 Å². The van der Waals surface area contributed by atoms with E-state index in [4.69, 9.17) is 10.5 Å². The molecule has 0 aliphatic carbocycles. The Labute approximate surface area is 92.3 Å². The van der Waals surface area contributed by atoms with Crippen LogP contribution in [0.2, 0.25) is 0 Å². The van der Waals surface area contributed by atoms with Crippen molar-refractivity contribution in [1.82, 2.24) is 5.32 Å². The predicted molar refractivity (Wildman–Crippen MR) is 52.8 cm³/mol. The van der Waals surface area contributed by atoms with Gasteiger partial charge in [-0.25, -0.2) is 0 Å². The molecular formula is C9H17F3N2O2. The van der Waals surface area contributed by atoms with Gasteiger partial charge in [0.1, 0.15) is 6.04 Å². The second-order valence-electron chi connectivity index (χ2n) is 3.35. The van der Waals surface area contributed by atoms with Crippen LogP contribution in [0, 0.1) is 0 Å². The molecule has 4 nitrogen and oxygen atoms in total. The van der Waals surface area contributed by atoms with Crippen LogP contribution >= 0.6 is 0 Å². The summed E-state index contributed by atoms with van der Waals surface area (Å²) < 4.78 is 40.0. The van der Waals surface area contributed by atoms with Crippen LogP contribution in [0.5, 0.6) is 0 Å². The van der Waals surface area contributed by atoms with Crippen molar-refractivity contribution in [2.45, 2.75) is 32.0 Å². The molecule has 0 aromatic rings. The van der Waals surface area contributed by atoms with Crippen LogP contribution in [-0.2, 0) is 9.53 Å². The molecule has 3 N–H and O–H groups in total. The van der Waals surface area contributed by atoms with Crippen LogP contribution in [0.15, 0.2) is 0 Å². The molecule has 0 saturated carbocycles. The van der Waals surface area contributed by atoms with Crippen molar-refractivity contribution in [2.75, 3.05) is 19.8 Å². The minimum atomic E-state index is -4.24. The third kappa shape index (κ3) is 8.49. The molecular weight excluding hydrogens is 225 g/mol. The van der Waals surface area contributed by atoms with Crippen molar-refractivity contribution in [1.29, 1.82) is 0 Å². The lowest BCUT2D eigenvalue weighted by molar-refractivity contribution is -0.146. The molecule has 0 rings (SSSR count). The highest BCUT2D eigenvalue weighted by Crippen LogP contribution is 2.18. The first-order chi connectivity index (χ1) is 7.37. The van der Waals surface area contributed by atoms with E-state index < -0.39 is 31.2 Å². The first-order valence-corrected chi connectivity index (χ1v) is 5.04. The maximum Gasteiger partial charge on any atom is 0.391 e. The Hall–Kier alpha value is -0.820. The monoisotopic (exact) mass is 242 g/mol. The Morgan fingerprint density at radius 2 is 2.12 bits per heavy atom. The predicted octanol–water partition coefficient (Wildman–Crippen LogP) is 0.809. The lowest BCUT2D eigenvalue weighted by atomic mass is 10.3. The number of carbonyl (C=O) groups excluding carboxylic acids is 1. The summed E-state index contributed by atoms with van der Waals surface area (Å²) in [5, 5.41) is 2.79. The minimum absolute atomic E-state index is 0.134. The highest BCUT2D eigenvalue weighted by atomic mass is 19.4. The van der Waals surface area contributed by atoms with Gasteiger partial charge in [0, 0.05) is 0 Å². The smallest absolute Gasteiger partial charge is 0.379 e. The molecule has 0 saturated heterocycles. The van der Waals surface area contributed by atoms with Gasteiger partial charge in [0.05, 0.1) is 19.6 Å². The largest absolute Gasteiger partial charge is 0.391 e. The topological polar surface area (TPSA) is 64.3 Å². The second kappa shape index (κ2) is 7.45. The van der Waals surface area contributed by atoms with Gasteiger partial charge in [0.25, 0.3) is 0 Å². The number of alkyl halides is 3. The summed E-state index contributed by atoms with van der Waals surface area (Å²) in [5.74, 6) is -0.625. The highest BCUT2D eigenvalue weighted by Gasteiger charge is 2.26. The molecule has 0 fully saturated rings. The number of halogens is 3. The van der Waals surface area contributed by atoms with Gasteiger partial charge in [-0.05, 0) is 13.0 Å². The Kier molecular flexibility index (Phi) is 7.07. The van der Waals surface area contributed by atoms with Crippen LogP contribution in [0.1, 0.15) is 19.8 Å². The molecule has 1 amide bonds. The van der Waals surface area contributed by atoms with E-state index in [0.29, 0.717) is 6.54 Å². The second-order valence-corrected chi connectivity index (χ2v) is 3.35. The maximum absolute atomic E-state index is 11.8. The summed E-state index contributed by atoms with van der Waals surface area (Å²) in [4.78, 5) is 10.9. The summed E-state index contributed by atoms with van der Waals surface area (Å²) >= 11 is 0. The molecule has 1 unspecified atom stereocenters. The number of rotatable bonds is 8. The van der Waals surface area contributed by atoms with Crippen molar-refractivity contribution in [3.8, 4) is 0 Å². The van der Waals surface area contributed by atoms with E-state index >= 15 is 0 Å². The Morgan fingerprint density at radius 3 is 2.56 bits per heavy atom. The Morgan fingerprint density at radius 1 is 1.50 bits per heavy atom. The van der Waals surface area contributed by atoms with E-state index in [-0.39, 0.29) is 6.61 Å². The maximum atomic E-state index is 11.8. The van der Waals surface area contributed by atoms with Crippen molar-refractivity contribution in [3.05, 3.63) is 0 Å². The van der Waals surface area contributed by atoms with Crippen molar-refractivity contribution in [2.24, 2.45) is 5.73 Å². The number of hydrogen-bond acceptors (Lipinski definition) is 3. The third-order valence-electron chi connectivity index (χ3n) is 1.80. The Balaban J connectivity index is 3.72. The molecule has 0 aliphatic rings. The normalized spacial score (nSPS) is 13.8. The molecule has 0 bridgehead atoms. The van der Waals surface area contributed by atoms with Gasteiger partial charge in [0.2, 0.25) is 5.91 Å². The van der Waals surface area contributed by atoms with E-state index in [9.17, 15) is 18.0 Å². The molecule has 0 radical (unpaired) electrons. The molecule has 0 aliphatic heterocycles. The molecule has 7 heteroatoms. The number of nitrogens with one attached hydrogen (secondary N) is 1. The number of hydrogen-bond donors (Lipinski definition) is 2. The zero-order valence-electron chi connectivity index (χ0n) is 9.14. The number of carbonyl (C=O) groups is 1. The highest BCUT2D eigenvalue weighted by molar-refractivity contribution is 5.79. The summed E-state index contributed by atoms with van der Waals surface area (Å²) in [6.07, 6.45) is -4.46. The van der Waals surface area contributed by atoms with Gasteiger partial charge in [-0.1, -0.05) is 6.92 Å². The number of ether oxygens (including phenoxy) is 1. The van der Waals surface area contributed by atoms with Gasteiger partial charge in [-0.3, -0.25) is 4.79 Å². The Bertz CT molecular complexity index is 209. The van der Waals surface area contributed by atoms with Crippen molar-refractivity contribution >= 4 is 5.91 Å². The van der Waals surface area contributed by atoms with Crippen LogP contribution in [0.3, 0.4) is 0 Å². The SMILES string of the molecule is CCCNC(COCCC(F)(F)F)C(N)=O. The standard InChI is InChI=1S/C9H17F3N2O2/c1-2-4-14-7(8(13)15)6-16-5-3-9(10,11)12/h7,14H,2-6H2,1H3,(H2,13,15). The van der Waals surface area contributed by atoms with E-state index in [0.717, 1.165) is 6.42 Å². The van der Waals surface area contributed by atoms with Crippen LogP contribution in [0.4, 0.5) is 13.2 Å². The van der Waals surface area contributed by atoms with Gasteiger partial charge in [-0.2, -0.15) is 13.2 Å². The molecule has 96 valence electrons.